The number of nitro groups is 1. The summed E-state index contributed by atoms with van der Waals surface area (Å²) in [4.78, 5) is 10.2. The maximum atomic E-state index is 10.6. The van der Waals surface area contributed by atoms with Crippen molar-refractivity contribution in [2.45, 2.75) is 39.8 Å². The second kappa shape index (κ2) is 6.85. The minimum atomic E-state index is -0.386. The normalized spacial score (nSPS) is 12.7. The second-order valence-corrected chi connectivity index (χ2v) is 5.80. The Morgan fingerprint density at radius 3 is 2.56 bits per heavy atom. The van der Waals surface area contributed by atoms with Gasteiger partial charge in [0.05, 0.1) is 4.92 Å². The van der Waals surface area contributed by atoms with E-state index in [1.807, 2.05) is 0 Å². The number of rotatable bonds is 6. The first-order chi connectivity index (χ1) is 8.40. The minimum absolute atomic E-state index is 0.112. The summed E-state index contributed by atoms with van der Waals surface area (Å²) in [5.41, 5.74) is 1.15. The molecule has 0 aliphatic heterocycles. The van der Waals surface area contributed by atoms with Gasteiger partial charge in [0, 0.05) is 29.2 Å². The van der Waals surface area contributed by atoms with E-state index in [2.05, 4.69) is 42.0 Å². The summed E-state index contributed by atoms with van der Waals surface area (Å²) in [6.07, 6.45) is 1.12. The van der Waals surface area contributed by atoms with E-state index in [1.165, 1.54) is 6.07 Å². The molecule has 0 aliphatic carbocycles. The van der Waals surface area contributed by atoms with Gasteiger partial charge < -0.3 is 5.32 Å². The van der Waals surface area contributed by atoms with Gasteiger partial charge in [-0.15, -0.1) is 0 Å². The molecule has 0 aromatic heterocycles. The number of hydrogen-bond acceptors (Lipinski definition) is 3. The first kappa shape index (κ1) is 15.1. The molecule has 4 nitrogen and oxygen atoms in total. The van der Waals surface area contributed by atoms with Crippen LogP contribution in [0.1, 0.15) is 32.8 Å². The van der Waals surface area contributed by atoms with Crippen LogP contribution in [0, 0.1) is 16.0 Å². The fraction of sp³-hybridized carbons (Fsp3) is 0.538. The highest BCUT2D eigenvalue weighted by Gasteiger charge is 2.10. The Labute approximate surface area is 116 Å². The molecule has 0 spiro atoms. The van der Waals surface area contributed by atoms with E-state index in [0.717, 1.165) is 16.5 Å². The van der Waals surface area contributed by atoms with Crippen molar-refractivity contribution in [1.82, 2.24) is 5.32 Å². The average molecular weight is 315 g/mol. The molecule has 0 fully saturated rings. The largest absolute Gasteiger partial charge is 0.310 e. The summed E-state index contributed by atoms with van der Waals surface area (Å²) >= 11 is 3.37. The average Bonchev–Trinajstić information content (AvgIpc) is 2.26. The van der Waals surface area contributed by atoms with Crippen LogP contribution < -0.4 is 5.32 Å². The van der Waals surface area contributed by atoms with Crippen molar-refractivity contribution in [1.29, 1.82) is 0 Å². The Balaban J connectivity index is 2.60. The number of non-ortho nitro benzene ring substituents is 1. The standard InChI is InChI=1S/C13H19BrN2O2/c1-9(2)6-10(3)15-8-11-4-5-12(16(17)18)7-13(11)14/h4-5,7,9-10,15H,6,8H2,1-3H3. The van der Waals surface area contributed by atoms with Gasteiger partial charge in [0.15, 0.2) is 0 Å². The van der Waals surface area contributed by atoms with Crippen LogP contribution in [0.4, 0.5) is 5.69 Å². The van der Waals surface area contributed by atoms with Gasteiger partial charge in [-0.3, -0.25) is 10.1 Å². The highest BCUT2D eigenvalue weighted by atomic mass is 79.9. The number of halogens is 1. The van der Waals surface area contributed by atoms with Crippen molar-refractivity contribution in [3.8, 4) is 0 Å². The van der Waals surface area contributed by atoms with Crippen LogP contribution in [0.3, 0.4) is 0 Å². The number of hydrogen-bond donors (Lipinski definition) is 1. The van der Waals surface area contributed by atoms with Crippen LogP contribution in [0.5, 0.6) is 0 Å². The van der Waals surface area contributed by atoms with Crippen molar-refractivity contribution >= 4 is 21.6 Å². The molecule has 0 saturated heterocycles. The maximum absolute atomic E-state index is 10.6. The van der Waals surface area contributed by atoms with Crippen LogP contribution in [-0.4, -0.2) is 11.0 Å². The van der Waals surface area contributed by atoms with Gasteiger partial charge in [0.1, 0.15) is 0 Å². The predicted octanol–water partition coefficient (Wildman–Crippen LogP) is 3.88. The van der Waals surface area contributed by atoms with Gasteiger partial charge in [0.2, 0.25) is 0 Å². The van der Waals surface area contributed by atoms with Crippen LogP contribution >= 0.6 is 15.9 Å². The summed E-state index contributed by atoms with van der Waals surface area (Å²) in [5.74, 6) is 0.660. The molecular formula is C13H19BrN2O2. The molecule has 1 aromatic rings. The van der Waals surface area contributed by atoms with Crippen LogP contribution in [0.15, 0.2) is 22.7 Å². The van der Waals surface area contributed by atoms with Gasteiger partial charge in [0.25, 0.3) is 5.69 Å². The van der Waals surface area contributed by atoms with E-state index in [9.17, 15) is 10.1 Å². The van der Waals surface area contributed by atoms with Crippen molar-refractivity contribution in [3.05, 3.63) is 38.3 Å². The summed E-state index contributed by atoms with van der Waals surface area (Å²) in [6.45, 7) is 7.26. The Morgan fingerprint density at radius 2 is 2.06 bits per heavy atom. The summed E-state index contributed by atoms with van der Waals surface area (Å²) in [7, 11) is 0. The quantitative estimate of drug-likeness (QED) is 0.640. The molecular weight excluding hydrogens is 296 g/mol. The lowest BCUT2D eigenvalue weighted by Gasteiger charge is -2.16. The third kappa shape index (κ3) is 4.74. The highest BCUT2D eigenvalue weighted by Crippen LogP contribution is 2.23. The zero-order chi connectivity index (χ0) is 13.7. The Bertz CT molecular complexity index is 421. The number of nitro benzene ring substituents is 1. The third-order valence-electron chi connectivity index (χ3n) is 2.71. The fourth-order valence-corrected chi connectivity index (χ4v) is 2.37. The van der Waals surface area contributed by atoms with Crippen LogP contribution in [-0.2, 0) is 6.54 Å². The summed E-state index contributed by atoms with van der Waals surface area (Å²) in [6, 6.07) is 5.31. The van der Waals surface area contributed by atoms with E-state index in [0.29, 0.717) is 18.5 Å². The number of nitrogens with zero attached hydrogens (tertiary/aromatic N) is 1. The zero-order valence-electron chi connectivity index (χ0n) is 10.9. The van der Waals surface area contributed by atoms with Gasteiger partial charge in [-0.1, -0.05) is 29.8 Å². The monoisotopic (exact) mass is 314 g/mol. The SMILES string of the molecule is CC(C)CC(C)NCc1ccc([N+](=O)[O-])cc1Br. The smallest absolute Gasteiger partial charge is 0.270 e. The maximum Gasteiger partial charge on any atom is 0.270 e. The molecule has 1 aromatic carbocycles. The molecule has 1 N–H and O–H groups in total. The Morgan fingerprint density at radius 1 is 1.39 bits per heavy atom. The van der Waals surface area contributed by atoms with E-state index in [1.54, 1.807) is 12.1 Å². The summed E-state index contributed by atoms with van der Waals surface area (Å²) in [5, 5.41) is 14.0. The minimum Gasteiger partial charge on any atom is -0.310 e. The molecule has 1 unspecified atom stereocenters. The van der Waals surface area contributed by atoms with E-state index < -0.39 is 0 Å². The third-order valence-corrected chi connectivity index (χ3v) is 3.45. The van der Waals surface area contributed by atoms with Gasteiger partial charge in [-0.2, -0.15) is 0 Å². The first-order valence-corrected chi connectivity index (χ1v) is 6.85. The van der Waals surface area contributed by atoms with Gasteiger partial charge in [-0.05, 0) is 30.9 Å². The van der Waals surface area contributed by atoms with Crippen molar-refractivity contribution in [3.63, 3.8) is 0 Å². The Kier molecular flexibility index (Phi) is 5.75. The van der Waals surface area contributed by atoms with Crippen molar-refractivity contribution in [2.24, 2.45) is 5.92 Å². The molecule has 1 rings (SSSR count). The van der Waals surface area contributed by atoms with Crippen molar-refractivity contribution < 1.29 is 4.92 Å². The molecule has 0 saturated carbocycles. The lowest BCUT2D eigenvalue weighted by molar-refractivity contribution is -0.384. The molecule has 0 aliphatic rings. The summed E-state index contributed by atoms with van der Waals surface area (Å²) < 4.78 is 0.779. The molecule has 0 heterocycles. The second-order valence-electron chi connectivity index (χ2n) is 4.94. The molecule has 0 bridgehead atoms. The van der Waals surface area contributed by atoms with E-state index in [-0.39, 0.29) is 10.6 Å². The Hall–Kier alpha value is -0.940. The van der Waals surface area contributed by atoms with Crippen LogP contribution in [0.2, 0.25) is 0 Å². The van der Waals surface area contributed by atoms with Gasteiger partial charge in [-0.25, -0.2) is 0 Å². The molecule has 0 radical (unpaired) electrons. The fourth-order valence-electron chi connectivity index (χ4n) is 1.87. The topological polar surface area (TPSA) is 55.2 Å². The van der Waals surface area contributed by atoms with Crippen LogP contribution in [0.25, 0.3) is 0 Å². The molecule has 100 valence electrons. The first-order valence-electron chi connectivity index (χ1n) is 6.06. The molecule has 1 atom stereocenters. The van der Waals surface area contributed by atoms with Crippen molar-refractivity contribution in [2.75, 3.05) is 0 Å². The molecule has 5 heteroatoms. The molecule has 0 amide bonds. The number of benzene rings is 1. The van der Waals surface area contributed by atoms with E-state index >= 15 is 0 Å². The lowest BCUT2D eigenvalue weighted by atomic mass is 10.1. The molecule has 18 heavy (non-hydrogen) atoms. The zero-order valence-corrected chi connectivity index (χ0v) is 12.5. The lowest BCUT2D eigenvalue weighted by Crippen LogP contribution is -2.26. The number of nitrogens with one attached hydrogen (secondary N) is 1. The highest BCUT2D eigenvalue weighted by molar-refractivity contribution is 9.10. The van der Waals surface area contributed by atoms with E-state index in [4.69, 9.17) is 0 Å². The predicted molar refractivity (Wildman–Crippen MR) is 76.6 cm³/mol. The van der Waals surface area contributed by atoms with Gasteiger partial charge >= 0.3 is 0 Å².